The summed E-state index contributed by atoms with van der Waals surface area (Å²) in [6, 6.07) is 0.894. The first-order valence-electron chi connectivity index (χ1n) is 6.55. The molecule has 0 heterocycles. The Labute approximate surface area is 87.7 Å². The predicted octanol–water partition coefficient (Wildman–Crippen LogP) is 3.10. The standard InChI is InChI=1S/C13H23N/c1-13(8-2-3-9-13)14-12-7-6-11(12)10-4-5-10/h10-12,14H,2-9H2,1H3. The van der Waals surface area contributed by atoms with Crippen molar-refractivity contribution in [1.29, 1.82) is 0 Å². The first kappa shape index (κ1) is 9.21. The normalized spacial score (nSPS) is 40.9. The van der Waals surface area contributed by atoms with Crippen LogP contribution in [-0.2, 0) is 0 Å². The average Bonchev–Trinajstić information content (AvgIpc) is 2.84. The van der Waals surface area contributed by atoms with Crippen LogP contribution in [-0.4, -0.2) is 11.6 Å². The molecule has 3 aliphatic carbocycles. The van der Waals surface area contributed by atoms with Crippen LogP contribution in [0.15, 0.2) is 0 Å². The summed E-state index contributed by atoms with van der Waals surface area (Å²) in [7, 11) is 0. The van der Waals surface area contributed by atoms with Crippen LogP contribution in [0.5, 0.6) is 0 Å². The molecule has 0 spiro atoms. The fraction of sp³-hybridized carbons (Fsp3) is 1.00. The highest BCUT2D eigenvalue weighted by Crippen LogP contribution is 2.48. The van der Waals surface area contributed by atoms with Gasteiger partial charge in [-0.1, -0.05) is 12.8 Å². The lowest BCUT2D eigenvalue weighted by atomic mass is 9.75. The van der Waals surface area contributed by atoms with Gasteiger partial charge in [-0.2, -0.15) is 0 Å². The second-order valence-corrected chi connectivity index (χ2v) is 6.10. The molecule has 1 nitrogen and oxygen atoms in total. The Kier molecular flexibility index (Phi) is 2.12. The third kappa shape index (κ3) is 1.60. The second kappa shape index (κ2) is 3.23. The van der Waals surface area contributed by atoms with Gasteiger partial charge in [-0.05, 0) is 57.3 Å². The highest BCUT2D eigenvalue weighted by molar-refractivity contribution is 5.00. The van der Waals surface area contributed by atoms with E-state index in [4.69, 9.17) is 0 Å². The van der Waals surface area contributed by atoms with Gasteiger partial charge in [-0.3, -0.25) is 0 Å². The number of hydrogen-bond acceptors (Lipinski definition) is 1. The third-order valence-electron chi connectivity index (χ3n) is 4.80. The fourth-order valence-corrected chi connectivity index (χ4v) is 3.54. The molecule has 3 saturated carbocycles. The van der Waals surface area contributed by atoms with E-state index in [0.29, 0.717) is 5.54 Å². The van der Waals surface area contributed by atoms with Crippen LogP contribution in [0.2, 0.25) is 0 Å². The van der Waals surface area contributed by atoms with E-state index in [1.807, 2.05) is 0 Å². The second-order valence-electron chi connectivity index (χ2n) is 6.10. The minimum Gasteiger partial charge on any atom is -0.308 e. The molecule has 0 aromatic carbocycles. The Hall–Kier alpha value is -0.0400. The van der Waals surface area contributed by atoms with Crippen molar-refractivity contribution in [2.75, 3.05) is 0 Å². The van der Waals surface area contributed by atoms with E-state index in [1.54, 1.807) is 0 Å². The van der Waals surface area contributed by atoms with E-state index in [9.17, 15) is 0 Å². The molecule has 1 heteroatoms. The van der Waals surface area contributed by atoms with E-state index >= 15 is 0 Å². The van der Waals surface area contributed by atoms with Crippen LogP contribution in [0, 0.1) is 11.8 Å². The topological polar surface area (TPSA) is 12.0 Å². The van der Waals surface area contributed by atoms with Crippen molar-refractivity contribution in [3.8, 4) is 0 Å². The van der Waals surface area contributed by atoms with Gasteiger partial charge in [0.05, 0.1) is 0 Å². The molecule has 0 radical (unpaired) electrons. The van der Waals surface area contributed by atoms with E-state index in [2.05, 4.69) is 12.2 Å². The van der Waals surface area contributed by atoms with E-state index in [0.717, 1.165) is 17.9 Å². The predicted molar refractivity (Wildman–Crippen MR) is 59.2 cm³/mol. The van der Waals surface area contributed by atoms with Gasteiger partial charge >= 0.3 is 0 Å². The molecule has 14 heavy (non-hydrogen) atoms. The van der Waals surface area contributed by atoms with E-state index < -0.39 is 0 Å². The molecule has 0 bridgehead atoms. The van der Waals surface area contributed by atoms with Gasteiger partial charge in [0.1, 0.15) is 0 Å². The maximum absolute atomic E-state index is 3.96. The smallest absolute Gasteiger partial charge is 0.0156 e. The quantitative estimate of drug-likeness (QED) is 0.726. The number of nitrogens with one attached hydrogen (secondary N) is 1. The minimum absolute atomic E-state index is 0.512. The number of rotatable bonds is 3. The molecule has 0 aliphatic heterocycles. The van der Waals surface area contributed by atoms with Crippen molar-refractivity contribution in [3.05, 3.63) is 0 Å². The first-order chi connectivity index (χ1) is 6.77. The molecule has 0 aromatic heterocycles. The lowest BCUT2D eigenvalue weighted by Crippen LogP contribution is -2.54. The van der Waals surface area contributed by atoms with Gasteiger partial charge in [0.15, 0.2) is 0 Å². The Morgan fingerprint density at radius 2 is 1.71 bits per heavy atom. The van der Waals surface area contributed by atoms with Gasteiger partial charge in [0.25, 0.3) is 0 Å². The Morgan fingerprint density at radius 1 is 1.00 bits per heavy atom. The third-order valence-corrected chi connectivity index (χ3v) is 4.80. The van der Waals surface area contributed by atoms with Crippen LogP contribution in [0.25, 0.3) is 0 Å². The van der Waals surface area contributed by atoms with Crippen molar-refractivity contribution in [1.82, 2.24) is 5.32 Å². The lowest BCUT2D eigenvalue weighted by molar-refractivity contribution is 0.140. The van der Waals surface area contributed by atoms with Gasteiger partial charge < -0.3 is 5.32 Å². The zero-order chi connectivity index (χ0) is 9.60. The summed E-state index contributed by atoms with van der Waals surface area (Å²) in [5.74, 6) is 2.18. The zero-order valence-corrected chi connectivity index (χ0v) is 9.39. The minimum atomic E-state index is 0.512. The zero-order valence-electron chi connectivity index (χ0n) is 9.39. The van der Waals surface area contributed by atoms with Crippen LogP contribution in [0.4, 0.5) is 0 Å². The summed E-state index contributed by atoms with van der Waals surface area (Å²) in [6.45, 7) is 2.45. The monoisotopic (exact) mass is 193 g/mol. The van der Waals surface area contributed by atoms with Crippen LogP contribution < -0.4 is 5.32 Å². The maximum atomic E-state index is 3.96. The summed E-state index contributed by atoms with van der Waals surface area (Å²) in [4.78, 5) is 0. The largest absolute Gasteiger partial charge is 0.308 e. The molecule has 3 rings (SSSR count). The van der Waals surface area contributed by atoms with Crippen LogP contribution in [0.3, 0.4) is 0 Å². The molecule has 0 aromatic rings. The molecule has 3 aliphatic rings. The summed E-state index contributed by atoms with van der Waals surface area (Å²) < 4.78 is 0. The van der Waals surface area contributed by atoms with Crippen molar-refractivity contribution in [3.63, 3.8) is 0 Å². The SMILES string of the molecule is CC1(NC2CCC2C2CC2)CCCC1. The van der Waals surface area contributed by atoms with Gasteiger partial charge in [0.2, 0.25) is 0 Å². The molecule has 0 saturated heterocycles. The Bertz CT molecular complexity index is 213. The summed E-state index contributed by atoms with van der Waals surface area (Å²) in [5, 5.41) is 3.96. The lowest BCUT2D eigenvalue weighted by Gasteiger charge is -2.43. The van der Waals surface area contributed by atoms with Gasteiger partial charge in [0, 0.05) is 11.6 Å². The highest BCUT2D eigenvalue weighted by atomic mass is 15.0. The summed E-state index contributed by atoms with van der Waals surface area (Å²) >= 11 is 0. The van der Waals surface area contributed by atoms with E-state index in [-0.39, 0.29) is 0 Å². The molecular formula is C13H23N. The fourth-order valence-electron chi connectivity index (χ4n) is 3.54. The summed E-state index contributed by atoms with van der Waals surface area (Å²) in [5.41, 5.74) is 0.512. The molecule has 2 atom stereocenters. The van der Waals surface area contributed by atoms with Gasteiger partial charge in [-0.25, -0.2) is 0 Å². The molecule has 0 amide bonds. The molecule has 3 fully saturated rings. The highest BCUT2D eigenvalue weighted by Gasteiger charge is 2.44. The maximum Gasteiger partial charge on any atom is 0.0156 e. The van der Waals surface area contributed by atoms with Gasteiger partial charge in [-0.15, -0.1) is 0 Å². The molecule has 80 valence electrons. The van der Waals surface area contributed by atoms with Crippen molar-refractivity contribution in [2.45, 2.75) is 69.9 Å². The van der Waals surface area contributed by atoms with E-state index in [1.165, 1.54) is 51.4 Å². The van der Waals surface area contributed by atoms with Crippen molar-refractivity contribution < 1.29 is 0 Å². The van der Waals surface area contributed by atoms with Crippen molar-refractivity contribution >= 4 is 0 Å². The Morgan fingerprint density at radius 3 is 2.21 bits per heavy atom. The summed E-state index contributed by atoms with van der Waals surface area (Å²) in [6.07, 6.45) is 11.8. The average molecular weight is 193 g/mol. The van der Waals surface area contributed by atoms with Crippen LogP contribution >= 0.6 is 0 Å². The van der Waals surface area contributed by atoms with Crippen LogP contribution in [0.1, 0.15) is 58.3 Å². The number of hydrogen-bond donors (Lipinski definition) is 1. The molecule has 1 N–H and O–H groups in total. The first-order valence-corrected chi connectivity index (χ1v) is 6.55. The molecular weight excluding hydrogens is 170 g/mol. The molecule has 2 unspecified atom stereocenters. The Balaban J connectivity index is 1.55. The van der Waals surface area contributed by atoms with Crippen molar-refractivity contribution in [2.24, 2.45) is 11.8 Å².